The molecule has 0 saturated carbocycles. The number of carbonyl (C=O) groups excluding carboxylic acids is 2. The van der Waals surface area contributed by atoms with E-state index in [4.69, 9.17) is 4.74 Å². The van der Waals surface area contributed by atoms with Gasteiger partial charge in [-0.05, 0) is 42.5 Å². The molecular weight excluding hydrogens is 408 g/mol. The Balaban J connectivity index is 1.31. The second-order valence-electron chi connectivity index (χ2n) is 8.23. The minimum absolute atomic E-state index is 0.134. The van der Waals surface area contributed by atoms with E-state index in [2.05, 4.69) is 17.0 Å². The quantitative estimate of drug-likeness (QED) is 0.689. The van der Waals surface area contributed by atoms with Gasteiger partial charge in [-0.1, -0.05) is 42.5 Å². The highest BCUT2D eigenvalue weighted by molar-refractivity contribution is 8.00. The fraction of sp³-hybridized carbons (Fsp3) is 0.440. The largest absolute Gasteiger partial charge is 0.497 e. The number of thioether (sulfide) groups is 1. The van der Waals surface area contributed by atoms with Gasteiger partial charge in [0.2, 0.25) is 11.8 Å². The van der Waals surface area contributed by atoms with Crippen molar-refractivity contribution < 1.29 is 14.3 Å². The molecule has 0 unspecified atom stereocenters. The summed E-state index contributed by atoms with van der Waals surface area (Å²) in [7, 11) is 1.64. The molecule has 0 N–H and O–H groups in total. The Labute approximate surface area is 188 Å². The predicted octanol–water partition coefficient (Wildman–Crippen LogP) is 3.76. The average Bonchev–Trinajstić information content (AvgIpc) is 3.22. The fourth-order valence-electron chi connectivity index (χ4n) is 4.54. The van der Waals surface area contributed by atoms with Crippen LogP contribution in [0.25, 0.3) is 0 Å². The average molecular weight is 439 g/mol. The van der Waals surface area contributed by atoms with Gasteiger partial charge in [0.05, 0.1) is 18.4 Å². The third-order valence-corrected chi connectivity index (χ3v) is 7.91. The van der Waals surface area contributed by atoms with Crippen molar-refractivity contribution in [2.75, 3.05) is 32.5 Å². The van der Waals surface area contributed by atoms with E-state index in [0.29, 0.717) is 25.9 Å². The number of aryl methyl sites for hydroxylation is 1. The van der Waals surface area contributed by atoms with E-state index in [9.17, 15) is 9.59 Å². The molecule has 164 valence electrons. The van der Waals surface area contributed by atoms with Crippen LogP contribution in [0.1, 0.15) is 30.4 Å². The van der Waals surface area contributed by atoms with E-state index < -0.39 is 0 Å². The van der Waals surface area contributed by atoms with Crippen LogP contribution in [-0.4, -0.2) is 59.0 Å². The number of piperidine rings is 1. The van der Waals surface area contributed by atoms with Crippen molar-refractivity contribution in [2.45, 2.75) is 37.0 Å². The van der Waals surface area contributed by atoms with Gasteiger partial charge in [-0.3, -0.25) is 9.59 Å². The maximum Gasteiger partial charge on any atom is 0.226 e. The molecule has 1 spiro atoms. The molecule has 2 heterocycles. The van der Waals surface area contributed by atoms with Gasteiger partial charge in [-0.2, -0.15) is 0 Å². The van der Waals surface area contributed by atoms with E-state index in [1.807, 2.05) is 59.1 Å². The van der Waals surface area contributed by atoms with Crippen molar-refractivity contribution in [1.82, 2.24) is 9.80 Å². The SMILES string of the molecule is COc1ccc(CC(=O)N2CCC3(CC2)SCCN3C(=O)CCc2ccccc2)cc1. The Morgan fingerprint density at radius 1 is 0.935 bits per heavy atom. The van der Waals surface area contributed by atoms with Gasteiger partial charge in [-0.25, -0.2) is 0 Å². The van der Waals surface area contributed by atoms with Crippen molar-refractivity contribution >= 4 is 23.6 Å². The summed E-state index contributed by atoms with van der Waals surface area (Å²) in [6, 6.07) is 17.9. The van der Waals surface area contributed by atoms with E-state index in [0.717, 1.165) is 42.9 Å². The van der Waals surface area contributed by atoms with Crippen molar-refractivity contribution in [3.05, 3.63) is 65.7 Å². The molecule has 4 rings (SSSR count). The zero-order valence-electron chi connectivity index (χ0n) is 18.1. The minimum Gasteiger partial charge on any atom is -0.497 e. The number of rotatable bonds is 6. The van der Waals surface area contributed by atoms with Gasteiger partial charge in [0.15, 0.2) is 0 Å². The lowest BCUT2D eigenvalue weighted by molar-refractivity contribution is -0.137. The second kappa shape index (κ2) is 9.77. The lowest BCUT2D eigenvalue weighted by atomic mass is 10.00. The van der Waals surface area contributed by atoms with Gasteiger partial charge >= 0.3 is 0 Å². The molecule has 2 aliphatic heterocycles. The first kappa shape index (κ1) is 21.8. The molecule has 0 bridgehead atoms. The smallest absolute Gasteiger partial charge is 0.226 e. The van der Waals surface area contributed by atoms with Crippen LogP contribution in [0.2, 0.25) is 0 Å². The molecular formula is C25H30N2O3S. The summed E-state index contributed by atoms with van der Waals surface area (Å²) >= 11 is 1.90. The number of benzene rings is 2. The number of nitrogens with zero attached hydrogens (tertiary/aromatic N) is 2. The zero-order chi connectivity index (χ0) is 21.7. The van der Waals surface area contributed by atoms with Crippen molar-refractivity contribution in [3.8, 4) is 5.75 Å². The van der Waals surface area contributed by atoms with Crippen molar-refractivity contribution in [2.24, 2.45) is 0 Å². The molecule has 6 heteroatoms. The summed E-state index contributed by atoms with van der Waals surface area (Å²) in [4.78, 5) is 29.8. The first-order valence-corrected chi connectivity index (χ1v) is 12.0. The summed E-state index contributed by atoms with van der Waals surface area (Å²) in [6.45, 7) is 2.24. The number of ether oxygens (including phenoxy) is 1. The number of hydrogen-bond acceptors (Lipinski definition) is 4. The van der Waals surface area contributed by atoms with Crippen LogP contribution in [0.15, 0.2) is 54.6 Å². The number of carbonyl (C=O) groups is 2. The molecule has 2 fully saturated rings. The van der Waals surface area contributed by atoms with Crippen LogP contribution in [-0.2, 0) is 22.4 Å². The lowest BCUT2D eigenvalue weighted by Gasteiger charge is -2.44. The molecule has 0 radical (unpaired) electrons. The maximum atomic E-state index is 13.0. The highest BCUT2D eigenvalue weighted by Crippen LogP contribution is 2.44. The molecule has 2 aliphatic rings. The first-order chi connectivity index (χ1) is 15.1. The molecule has 0 aromatic heterocycles. The predicted molar refractivity (Wildman–Crippen MR) is 124 cm³/mol. The zero-order valence-corrected chi connectivity index (χ0v) is 18.9. The minimum atomic E-state index is -0.134. The highest BCUT2D eigenvalue weighted by atomic mass is 32.2. The van der Waals surface area contributed by atoms with E-state index in [1.54, 1.807) is 7.11 Å². The maximum absolute atomic E-state index is 13.0. The van der Waals surface area contributed by atoms with Crippen molar-refractivity contribution in [3.63, 3.8) is 0 Å². The first-order valence-electron chi connectivity index (χ1n) is 11.0. The summed E-state index contributed by atoms with van der Waals surface area (Å²) in [6.07, 6.45) is 3.44. The molecule has 5 nitrogen and oxygen atoms in total. The number of amides is 2. The molecule has 31 heavy (non-hydrogen) atoms. The number of likely N-dealkylation sites (tertiary alicyclic amines) is 1. The molecule has 0 aliphatic carbocycles. The van der Waals surface area contributed by atoms with Gasteiger partial charge in [0.1, 0.15) is 5.75 Å². The van der Waals surface area contributed by atoms with Crippen LogP contribution < -0.4 is 4.74 Å². The molecule has 2 saturated heterocycles. The Kier molecular flexibility index (Phi) is 6.86. The van der Waals surface area contributed by atoms with Gasteiger partial charge in [0.25, 0.3) is 0 Å². The van der Waals surface area contributed by atoms with Gasteiger partial charge in [0, 0.05) is 31.8 Å². The third-order valence-electron chi connectivity index (χ3n) is 6.36. The van der Waals surface area contributed by atoms with Crippen LogP contribution in [0, 0.1) is 0 Å². The molecule has 2 aromatic rings. The Morgan fingerprint density at radius 3 is 2.32 bits per heavy atom. The third kappa shape index (κ3) is 5.06. The Hall–Kier alpha value is -2.47. The summed E-state index contributed by atoms with van der Waals surface area (Å²) in [5.41, 5.74) is 2.20. The second-order valence-corrected chi connectivity index (χ2v) is 9.69. The highest BCUT2D eigenvalue weighted by Gasteiger charge is 2.46. The van der Waals surface area contributed by atoms with Crippen LogP contribution in [0.3, 0.4) is 0 Å². The summed E-state index contributed by atoms with van der Waals surface area (Å²) in [5.74, 6) is 2.18. The topological polar surface area (TPSA) is 49.9 Å². The van der Waals surface area contributed by atoms with Crippen molar-refractivity contribution in [1.29, 1.82) is 0 Å². The fourth-order valence-corrected chi connectivity index (χ4v) is 6.02. The van der Waals surface area contributed by atoms with Crippen LogP contribution in [0.4, 0.5) is 0 Å². The number of methoxy groups -OCH3 is 1. The molecule has 0 atom stereocenters. The van der Waals surface area contributed by atoms with E-state index in [1.165, 1.54) is 5.56 Å². The van der Waals surface area contributed by atoms with E-state index >= 15 is 0 Å². The van der Waals surface area contributed by atoms with Gasteiger partial charge in [-0.15, -0.1) is 11.8 Å². The standard InChI is InChI=1S/C25H30N2O3S/c1-30-22-10-7-21(8-11-22)19-24(29)26-15-13-25(14-16-26)27(17-18-31-25)23(28)12-9-20-5-3-2-4-6-20/h2-8,10-11H,9,12-19H2,1H3. The number of hydrogen-bond donors (Lipinski definition) is 0. The normalized spacial score (nSPS) is 17.7. The van der Waals surface area contributed by atoms with E-state index in [-0.39, 0.29) is 16.7 Å². The monoisotopic (exact) mass is 438 g/mol. The summed E-state index contributed by atoms with van der Waals surface area (Å²) in [5, 5.41) is 0. The lowest BCUT2D eigenvalue weighted by Crippen LogP contribution is -2.53. The summed E-state index contributed by atoms with van der Waals surface area (Å²) < 4.78 is 5.19. The Bertz CT molecular complexity index is 893. The van der Waals surface area contributed by atoms with Crippen LogP contribution >= 0.6 is 11.8 Å². The molecule has 2 aromatic carbocycles. The van der Waals surface area contributed by atoms with Gasteiger partial charge < -0.3 is 14.5 Å². The molecule has 2 amide bonds. The van der Waals surface area contributed by atoms with Crippen LogP contribution in [0.5, 0.6) is 5.75 Å². The Morgan fingerprint density at radius 2 is 1.65 bits per heavy atom.